The second-order valence-electron chi connectivity index (χ2n) is 8.65. The van der Waals surface area contributed by atoms with Crippen molar-refractivity contribution in [1.82, 2.24) is 14.6 Å². The predicted molar refractivity (Wildman–Crippen MR) is 118 cm³/mol. The molecule has 2 aliphatic rings. The summed E-state index contributed by atoms with van der Waals surface area (Å²) in [5.41, 5.74) is 4.08. The molecule has 1 N–H and O–H groups in total. The maximum atomic E-state index is 13.3. The molecule has 31 heavy (non-hydrogen) atoms. The molecule has 2 fully saturated rings. The van der Waals surface area contributed by atoms with Crippen LogP contribution >= 0.6 is 0 Å². The Morgan fingerprint density at radius 2 is 1.87 bits per heavy atom. The average Bonchev–Trinajstić information content (AvgIpc) is 3.15. The van der Waals surface area contributed by atoms with Gasteiger partial charge in [-0.05, 0) is 60.7 Å². The number of morpholine rings is 1. The van der Waals surface area contributed by atoms with E-state index < -0.39 is 0 Å². The van der Waals surface area contributed by atoms with Crippen molar-refractivity contribution in [2.45, 2.75) is 50.9 Å². The van der Waals surface area contributed by atoms with Gasteiger partial charge in [0.05, 0.1) is 13.2 Å². The number of piperidine rings is 1. The molecular weight excluding hydrogens is 393 g/mol. The molecule has 1 amide bonds. The van der Waals surface area contributed by atoms with Gasteiger partial charge in [-0.25, -0.2) is 4.39 Å². The van der Waals surface area contributed by atoms with Crippen molar-refractivity contribution in [3.8, 4) is 0 Å². The van der Waals surface area contributed by atoms with Gasteiger partial charge in [0.25, 0.3) is 5.91 Å². The Bertz CT molecular complexity index is 1060. The van der Waals surface area contributed by atoms with Crippen molar-refractivity contribution in [2.75, 3.05) is 13.2 Å². The molecule has 162 valence electrons. The van der Waals surface area contributed by atoms with Crippen LogP contribution in [-0.2, 0) is 17.7 Å². The molecule has 1 aromatic carbocycles. The lowest BCUT2D eigenvalue weighted by atomic mass is 9.89. The number of aromatic nitrogens is 1. The summed E-state index contributed by atoms with van der Waals surface area (Å²) in [6.45, 7) is 4.22. The van der Waals surface area contributed by atoms with Gasteiger partial charge in [0, 0.05) is 36.4 Å². The van der Waals surface area contributed by atoms with Crippen molar-refractivity contribution < 1.29 is 13.9 Å². The molecule has 2 unspecified atom stereocenters. The van der Waals surface area contributed by atoms with Gasteiger partial charge in [0.15, 0.2) is 0 Å². The van der Waals surface area contributed by atoms with Gasteiger partial charge in [0.2, 0.25) is 0 Å². The van der Waals surface area contributed by atoms with Crippen LogP contribution < -0.4 is 5.32 Å². The molecule has 2 saturated heterocycles. The van der Waals surface area contributed by atoms with Crippen molar-refractivity contribution in [3.63, 3.8) is 0 Å². The third-order valence-electron chi connectivity index (χ3n) is 6.66. The van der Waals surface area contributed by atoms with E-state index in [-0.39, 0.29) is 29.8 Å². The maximum Gasteiger partial charge on any atom is 0.268 e. The SMILES string of the molecule is CCc1cc(C(=O)NC2CC3COCC(C2)N3Cc2ccc(F)cc2)n2ccccc12. The quantitative estimate of drug-likeness (QED) is 0.682. The predicted octanol–water partition coefficient (Wildman–Crippen LogP) is 3.80. The molecule has 5 rings (SSSR count). The van der Waals surface area contributed by atoms with Crippen LogP contribution in [0.4, 0.5) is 4.39 Å². The number of rotatable bonds is 5. The van der Waals surface area contributed by atoms with Crippen LogP contribution in [0.25, 0.3) is 5.52 Å². The lowest BCUT2D eigenvalue weighted by Gasteiger charge is -2.48. The number of benzene rings is 1. The lowest BCUT2D eigenvalue weighted by Crippen LogP contribution is -2.60. The number of halogens is 1. The van der Waals surface area contributed by atoms with Gasteiger partial charge in [0.1, 0.15) is 11.5 Å². The Balaban J connectivity index is 1.30. The summed E-state index contributed by atoms with van der Waals surface area (Å²) in [5.74, 6) is -0.227. The fraction of sp³-hybridized carbons (Fsp3) is 0.400. The molecule has 2 atom stereocenters. The molecule has 0 radical (unpaired) electrons. The second kappa shape index (κ2) is 8.44. The monoisotopic (exact) mass is 421 g/mol. The zero-order valence-electron chi connectivity index (χ0n) is 17.8. The van der Waals surface area contributed by atoms with E-state index in [1.807, 2.05) is 40.9 Å². The first-order chi connectivity index (χ1) is 15.1. The van der Waals surface area contributed by atoms with E-state index in [0.29, 0.717) is 18.9 Å². The summed E-state index contributed by atoms with van der Waals surface area (Å²) in [6.07, 6.45) is 4.56. The van der Waals surface area contributed by atoms with Crippen LogP contribution in [0.3, 0.4) is 0 Å². The number of pyridine rings is 1. The third kappa shape index (κ3) is 3.98. The highest BCUT2D eigenvalue weighted by molar-refractivity contribution is 5.95. The first kappa shape index (κ1) is 20.2. The number of fused-ring (bicyclic) bond motifs is 3. The van der Waals surface area contributed by atoms with Gasteiger partial charge in [-0.15, -0.1) is 0 Å². The summed E-state index contributed by atoms with van der Waals surface area (Å²) < 4.78 is 21.1. The summed E-state index contributed by atoms with van der Waals surface area (Å²) in [5, 5.41) is 3.29. The number of nitrogens with one attached hydrogen (secondary N) is 1. The van der Waals surface area contributed by atoms with Crippen LogP contribution in [0.2, 0.25) is 0 Å². The first-order valence-electron chi connectivity index (χ1n) is 11.1. The number of carbonyl (C=O) groups excluding carboxylic acids is 1. The van der Waals surface area contributed by atoms with Crippen LogP contribution in [-0.4, -0.2) is 46.5 Å². The topological polar surface area (TPSA) is 46.0 Å². The minimum atomic E-state index is -0.210. The molecule has 6 heteroatoms. The Hall–Kier alpha value is -2.70. The largest absolute Gasteiger partial charge is 0.378 e. The van der Waals surface area contributed by atoms with E-state index in [0.717, 1.165) is 36.9 Å². The Morgan fingerprint density at radius 3 is 2.58 bits per heavy atom. The highest BCUT2D eigenvalue weighted by atomic mass is 19.1. The van der Waals surface area contributed by atoms with Crippen LogP contribution in [0.1, 0.15) is 41.4 Å². The van der Waals surface area contributed by atoms with Crippen LogP contribution in [0.5, 0.6) is 0 Å². The number of ether oxygens (including phenoxy) is 1. The molecule has 0 saturated carbocycles. The molecule has 0 spiro atoms. The summed E-state index contributed by atoms with van der Waals surface area (Å²) in [7, 11) is 0. The molecule has 5 nitrogen and oxygen atoms in total. The van der Waals surface area contributed by atoms with Crippen molar-refractivity contribution in [2.24, 2.45) is 0 Å². The van der Waals surface area contributed by atoms with E-state index in [9.17, 15) is 9.18 Å². The molecule has 3 aromatic rings. The van der Waals surface area contributed by atoms with Crippen molar-refractivity contribution >= 4 is 11.4 Å². The average molecular weight is 422 g/mol. The minimum Gasteiger partial charge on any atom is -0.378 e. The van der Waals surface area contributed by atoms with Gasteiger partial charge in [-0.3, -0.25) is 9.69 Å². The molecule has 2 aliphatic heterocycles. The standard InChI is InChI=1S/C25H28FN3O2/c1-2-18-11-24(28-10-4-3-5-23(18)28)25(30)27-20-12-21-15-31-16-22(13-20)29(21)14-17-6-8-19(26)9-7-17/h3-11,20-22H,2,12-16H2,1H3,(H,27,30). The van der Waals surface area contributed by atoms with Gasteiger partial charge >= 0.3 is 0 Å². The Morgan fingerprint density at radius 1 is 1.13 bits per heavy atom. The third-order valence-corrected chi connectivity index (χ3v) is 6.66. The fourth-order valence-electron chi connectivity index (χ4n) is 5.11. The Kier molecular flexibility index (Phi) is 5.50. The smallest absolute Gasteiger partial charge is 0.268 e. The molecule has 2 bridgehead atoms. The van der Waals surface area contributed by atoms with Crippen LogP contribution in [0, 0.1) is 5.82 Å². The molecule has 2 aromatic heterocycles. The summed E-state index contributed by atoms with van der Waals surface area (Å²) >= 11 is 0. The van der Waals surface area contributed by atoms with Gasteiger partial charge in [-0.2, -0.15) is 0 Å². The van der Waals surface area contributed by atoms with Crippen molar-refractivity contribution in [3.05, 3.63) is 77.4 Å². The first-order valence-corrected chi connectivity index (χ1v) is 11.1. The summed E-state index contributed by atoms with van der Waals surface area (Å²) in [4.78, 5) is 15.6. The second-order valence-corrected chi connectivity index (χ2v) is 8.65. The highest BCUT2D eigenvalue weighted by Crippen LogP contribution is 2.30. The van der Waals surface area contributed by atoms with Gasteiger partial charge < -0.3 is 14.5 Å². The van der Waals surface area contributed by atoms with E-state index in [2.05, 4.69) is 23.2 Å². The molecule has 4 heterocycles. The number of hydrogen-bond donors (Lipinski definition) is 1. The molecular formula is C25H28FN3O2. The lowest BCUT2D eigenvalue weighted by molar-refractivity contribution is -0.0843. The van der Waals surface area contributed by atoms with E-state index >= 15 is 0 Å². The number of nitrogens with zero attached hydrogens (tertiary/aromatic N) is 2. The number of aryl methyl sites for hydroxylation is 1. The summed E-state index contributed by atoms with van der Waals surface area (Å²) in [6, 6.07) is 15.4. The van der Waals surface area contributed by atoms with E-state index in [4.69, 9.17) is 4.74 Å². The van der Waals surface area contributed by atoms with Crippen LogP contribution in [0.15, 0.2) is 54.7 Å². The zero-order chi connectivity index (χ0) is 21.4. The van der Waals surface area contributed by atoms with E-state index in [1.54, 1.807) is 0 Å². The normalized spacial score (nSPS) is 23.7. The maximum absolute atomic E-state index is 13.3. The molecule has 0 aliphatic carbocycles. The number of amides is 1. The van der Waals surface area contributed by atoms with Gasteiger partial charge in [-0.1, -0.05) is 25.1 Å². The Labute approximate surface area is 181 Å². The highest BCUT2D eigenvalue weighted by Gasteiger charge is 2.39. The number of carbonyl (C=O) groups is 1. The fourth-order valence-corrected chi connectivity index (χ4v) is 5.11. The zero-order valence-corrected chi connectivity index (χ0v) is 17.8. The number of hydrogen-bond acceptors (Lipinski definition) is 3. The minimum absolute atomic E-state index is 0.0168. The van der Waals surface area contributed by atoms with Crippen molar-refractivity contribution in [1.29, 1.82) is 0 Å². The van der Waals surface area contributed by atoms with E-state index in [1.165, 1.54) is 17.7 Å².